The number of fused-ring (bicyclic) bond motifs is 1. The third kappa shape index (κ3) is 1.19. The van der Waals surface area contributed by atoms with Gasteiger partial charge in [0, 0.05) is 6.20 Å². The standard InChI is InChI=1S/C8H5F3N2O/c9-8(10,11)6-5-3-1-2-4-13(5)7(14)12-6/h1-4H,(H,12,14). The average Bonchev–Trinajstić information content (AvgIpc) is 2.44. The Hall–Kier alpha value is -1.72. The summed E-state index contributed by atoms with van der Waals surface area (Å²) in [4.78, 5) is 12.8. The Morgan fingerprint density at radius 1 is 1.29 bits per heavy atom. The zero-order chi connectivity index (χ0) is 10.3. The molecule has 2 heterocycles. The number of H-pyrrole nitrogens is 1. The summed E-state index contributed by atoms with van der Waals surface area (Å²) in [6.45, 7) is 0. The predicted octanol–water partition coefficient (Wildman–Crippen LogP) is 1.65. The molecule has 0 aromatic carbocycles. The highest BCUT2D eigenvalue weighted by Gasteiger charge is 2.35. The highest BCUT2D eigenvalue weighted by molar-refractivity contribution is 5.52. The number of pyridine rings is 1. The summed E-state index contributed by atoms with van der Waals surface area (Å²) in [7, 11) is 0. The van der Waals surface area contributed by atoms with Crippen molar-refractivity contribution in [1.29, 1.82) is 0 Å². The van der Waals surface area contributed by atoms with Crippen molar-refractivity contribution >= 4 is 5.52 Å². The number of halogens is 3. The number of hydrogen-bond donors (Lipinski definition) is 1. The summed E-state index contributed by atoms with van der Waals surface area (Å²) < 4.78 is 38.0. The number of nitrogens with zero attached hydrogens (tertiary/aromatic N) is 1. The Labute approximate surface area is 75.8 Å². The summed E-state index contributed by atoms with van der Waals surface area (Å²) in [6, 6.07) is 4.17. The number of aromatic amines is 1. The smallest absolute Gasteiger partial charge is 0.301 e. The van der Waals surface area contributed by atoms with E-state index in [2.05, 4.69) is 0 Å². The fraction of sp³-hybridized carbons (Fsp3) is 0.125. The lowest BCUT2D eigenvalue weighted by molar-refractivity contribution is -0.139. The minimum atomic E-state index is -4.53. The molecule has 1 N–H and O–H groups in total. The monoisotopic (exact) mass is 202 g/mol. The van der Waals surface area contributed by atoms with Gasteiger partial charge in [-0.3, -0.25) is 4.40 Å². The van der Waals surface area contributed by atoms with Crippen molar-refractivity contribution in [3.63, 3.8) is 0 Å². The van der Waals surface area contributed by atoms with Crippen LogP contribution in [0.5, 0.6) is 0 Å². The zero-order valence-corrected chi connectivity index (χ0v) is 6.80. The molecule has 74 valence electrons. The Morgan fingerprint density at radius 2 is 2.00 bits per heavy atom. The molecule has 0 aliphatic rings. The molecule has 0 atom stereocenters. The van der Waals surface area contributed by atoms with Gasteiger partial charge in [0.15, 0.2) is 0 Å². The largest absolute Gasteiger partial charge is 0.433 e. The SMILES string of the molecule is O=c1[nH]c(C(F)(F)F)c2ccccn12. The summed E-state index contributed by atoms with van der Waals surface area (Å²) in [5, 5.41) is 0. The van der Waals surface area contributed by atoms with Crippen molar-refractivity contribution in [2.75, 3.05) is 0 Å². The number of hydrogen-bond acceptors (Lipinski definition) is 1. The van der Waals surface area contributed by atoms with E-state index >= 15 is 0 Å². The molecule has 3 nitrogen and oxygen atoms in total. The number of nitrogens with one attached hydrogen (secondary N) is 1. The molecule has 14 heavy (non-hydrogen) atoms. The molecule has 0 spiro atoms. The van der Waals surface area contributed by atoms with Gasteiger partial charge in [0.1, 0.15) is 5.69 Å². The molecule has 0 radical (unpaired) electrons. The molecule has 0 aliphatic carbocycles. The average molecular weight is 202 g/mol. The van der Waals surface area contributed by atoms with Crippen LogP contribution in [0, 0.1) is 0 Å². The van der Waals surface area contributed by atoms with Crippen LogP contribution >= 0.6 is 0 Å². The molecule has 0 bridgehead atoms. The first kappa shape index (κ1) is 8.86. The quantitative estimate of drug-likeness (QED) is 0.692. The second-order valence-corrected chi connectivity index (χ2v) is 2.76. The lowest BCUT2D eigenvalue weighted by Gasteiger charge is -2.02. The lowest BCUT2D eigenvalue weighted by Crippen LogP contribution is -2.10. The Balaban J connectivity index is 2.87. The van der Waals surface area contributed by atoms with E-state index in [4.69, 9.17) is 0 Å². The first-order chi connectivity index (χ1) is 6.50. The highest BCUT2D eigenvalue weighted by Crippen LogP contribution is 2.29. The van der Waals surface area contributed by atoms with Crippen molar-refractivity contribution in [1.82, 2.24) is 9.38 Å². The van der Waals surface area contributed by atoms with Crippen LogP contribution < -0.4 is 5.69 Å². The van der Waals surface area contributed by atoms with E-state index < -0.39 is 17.6 Å². The van der Waals surface area contributed by atoms with Gasteiger partial charge in [0.25, 0.3) is 0 Å². The van der Waals surface area contributed by atoms with Gasteiger partial charge in [-0.1, -0.05) is 6.07 Å². The van der Waals surface area contributed by atoms with Crippen LogP contribution in [-0.2, 0) is 6.18 Å². The maximum atomic E-state index is 12.3. The highest BCUT2D eigenvalue weighted by atomic mass is 19.4. The van der Waals surface area contributed by atoms with Crippen molar-refractivity contribution in [2.45, 2.75) is 6.18 Å². The fourth-order valence-corrected chi connectivity index (χ4v) is 1.27. The molecule has 6 heteroatoms. The number of imidazole rings is 1. The zero-order valence-electron chi connectivity index (χ0n) is 6.80. The Kier molecular flexibility index (Phi) is 1.67. The fourth-order valence-electron chi connectivity index (χ4n) is 1.27. The topological polar surface area (TPSA) is 37.3 Å². The molecule has 0 fully saturated rings. The minimum absolute atomic E-state index is 0.162. The molecule has 0 saturated heterocycles. The van der Waals surface area contributed by atoms with E-state index in [-0.39, 0.29) is 5.52 Å². The minimum Gasteiger partial charge on any atom is -0.301 e. The van der Waals surface area contributed by atoms with Gasteiger partial charge < -0.3 is 4.98 Å². The lowest BCUT2D eigenvalue weighted by atomic mass is 10.3. The number of aromatic nitrogens is 2. The van der Waals surface area contributed by atoms with E-state index in [1.54, 1.807) is 4.98 Å². The van der Waals surface area contributed by atoms with Crippen LogP contribution in [0.2, 0.25) is 0 Å². The predicted molar refractivity (Wildman–Crippen MR) is 43.0 cm³/mol. The second-order valence-electron chi connectivity index (χ2n) is 2.76. The molecule has 0 aliphatic heterocycles. The van der Waals surface area contributed by atoms with E-state index in [9.17, 15) is 18.0 Å². The van der Waals surface area contributed by atoms with Crippen LogP contribution in [0.1, 0.15) is 5.69 Å². The molecule has 0 unspecified atom stereocenters. The van der Waals surface area contributed by atoms with Gasteiger partial charge in [-0.2, -0.15) is 13.2 Å². The van der Waals surface area contributed by atoms with E-state index in [0.29, 0.717) is 0 Å². The van der Waals surface area contributed by atoms with Gasteiger partial charge in [-0.15, -0.1) is 0 Å². The van der Waals surface area contributed by atoms with Gasteiger partial charge in [-0.05, 0) is 12.1 Å². The summed E-state index contributed by atoms with van der Waals surface area (Å²) in [5.41, 5.74) is -1.96. The Morgan fingerprint density at radius 3 is 2.64 bits per heavy atom. The maximum absolute atomic E-state index is 12.3. The van der Waals surface area contributed by atoms with Crippen molar-refractivity contribution in [3.8, 4) is 0 Å². The molecule has 2 rings (SSSR count). The molecular formula is C8H5F3N2O. The van der Waals surface area contributed by atoms with Crippen LogP contribution in [0.3, 0.4) is 0 Å². The van der Waals surface area contributed by atoms with E-state index in [1.165, 1.54) is 24.4 Å². The van der Waals surface area contributed by atoms with Crippen LogP contribution in [0.25, 0.3) is 5.52 Å². The third-order valence-corrected chi connectivity index (χ3v) is 1.85. The van der Waals surface area contributed by atoms with Crippen LogP contribution in [0.4, 0.5) is 13.2 Å². The van der Waals surface area contributed by atoms with Crippen molar-refractivity contribution < 1.29 is 13.2 Å². The molecule has 0 amide bonds. The van der Waals surface area contributed by atoms with Crippen LogP contribution in [0.15, 0.2) is 29.2 Å². The Bertz CT molecular complexity index is 523. The van der Waals surface area contributed by atoms with Gasteiger partial charge in [-0.25, -0.2) is 4.79 Å². The summed E-state index contributed by atoms with van der Waals surface area (Å²) in [5.74, 6) is 0. The van der Waals surface area contributed by atoms with Gasteiger partial charge in [0.2, 0.25) is 0 Å². The summed E-state index contributed by atoms with van der Waals surface area (Å²) >= 11 is 0. The van der Waals surface area contributed by atoms with Crippen LogP contribution in [-0.4, -0.2) is 9.38 Å². The molecule has 0 saturated carbocycles. The van der Waals surface area contributed by atoms with Gasteiger partial charge >= 0.3 is 11.9 Å². The molecule has 2 aromatic rings. The maximum Gasteiger partial charge on any atom is 0.433 e. The number of rotatable bonds is 0. The van der Waals surface area contributed by atoms with Crippen molar-refractivity contribution in [2.24, 2.45) is 0 Å². The first-order valence-corrected chi connectivity index (χ1v) is 3.77. The second kappa shape index (κ2) is 2.63. The first-order valence-electron chi connectivity index (χ1n) is 3.77. The molecular weight excluding hydrogens is 197 g/mol. The number of alkyl halides is 3. The summed E-state index contributed by atoms with van der Waals surface area (Å²) in [6.07, 6.45) is -3.25. The third-order valence-electron chi connectivity index (χ3n) is 1.85. The van der Waals surface area contributed by atoms with Gasteiger partial charge in [0.05, 0.1) is 5.52 Å². The molecule has 2 aromatic heterocycles. The van der Waals surface area contributed by atoms with E-state index in [0.717, 1.165) is 4.40 Å². The normalized spacial score (nSPS) is 12.2. The van der Waals surface area contributed by atoms with Crippen molar-refractivity contribution in [3.05, 3.63) is 40.6 Å². The van der Waals surface area contributed by atoms with E-state index in [1.807, 2.05) is 0 Å².